The number of aryl methyl sites for hydroxylation is 1. The lowest BCUT2D eigenvalue weighted by Gasteiger charge is -2.29. The Bertz CT molecular complexity index is 1400. The zero-order valence-electron chi connectivity index (χ0n) is 17.8. The normalized spacial score (nSPS) is 15.0. The third kappa shape index (κ3) is 4.35. The van der Waals surface area contributed by atoms with Gasteiger partial charge < -0.3 is 9.15 Å². The number of nitrogens with zero attached hydrogens (tertiary/aromatic N) is 1. The summed E-state index contributed by atoms with van der Waals surface area (Å²) in [5.74, 6) is -1.13. The van der Waals surface area contributed by atoms with Gasteiger partial charge in [-0.2, -0.15) is 0 Å². The van der Waals surface area contributed by atoms with Gasteiger partial charge in [-0.3, -0.25) is 19.8 Å². The lowest BCUT2D eigenvalue weighted by atomic mass is 10.0. The van der Waals surface area contributed by atoms with E-state index in [1.807, 2.05) is 6.92 Å². The average molecular weight is 515 g/mol. The van der Waals surface area contributed by atoms with Crippen LogP contribution in [-0.2, 0) is 14.3 Å². The van der Waals surface area contributed by atoms with Gasteiger partial charge in [0.1, 0.15) is 17.1 Å². The van der Waals surface area contributed by atoms with Crippen LogP contribution in [0.3, 0.4) is 0 Å². The van der Waals surface area contributed by atoms with Crippen LogP contribution in [0.2, 0.25) is 10.0 Å². The molecule has 0 radical (unpaired) electrons. The molecule has 0 spiro atoms. The van der Waals surface area contributed by atoms with E-state index in [2.05, 4.69) is 5.32 Å². The van der Waals surface area contributed by atoms with Crippen molar-refractivity contribution in [2.24, 2.45) is 0 Å². The number of amides is 2. The number of thiocarbonyl (C=S) groups is 1. The van der Waals surface area contributed by atoms with Crippen molar-refractivity contribution in [3.05, 3.63) is 81.0 Å². The van der Waals surface area contributed by atoms with Gasteiger partial charge >= 0.3 is 5.97 Å². The van der Waals surface area contributed by atoms with Gasteiger partial charge in [-0.15, -0.1) is 0 Å². The number of benzene rings is 2. The second-order valence-electron chi connectivity index (χ2n) is 7.25. The summed E-state index contributed by atoms with van der Waals surface area (Å²) in [6, 6.07) is 13.1. The van der Waals surface area contributed by atoms with Gasteiger partial charge in [-0.25, -0.2) is 4.79 Å². The van der Waals surface area contributed by atoms with Gasteiger partial charge in [0.2, 0.25) is 0 Å². The summed E-state index contributed by atoms with van der Waals surface area (Å²) in [4.78, 5) is 38.8. The molecule has 4 rings (SSSR count). The number of ether oxygens (including phenoxy) is 1. The van der Waals surface area contributed by atoms with Crippen molar-refractivity contribution in [1.29, 1.82) is 0 Å². The minimum absolute atomic E-state index is 0.119. The van der Waals surface area contributed by atoms with E-state index in [4.69, 9.17) is 44.6 Å². The fraction of sp³-hybridized carbons (Fsp3) is 0.0833. The third-order valence-corrected chi connectivity index (χ3v) is 6.20. The molecule has 2 amide bonds. The van der Waals surface area contributed by atoms with E-state index in [9.17, 15) is 14.4 Å². The highest BCUT2D eigenvalue weighted by molar-refractivity contribution is 7.80. The van der Waals surface area contributed by atoms with Crippen LogP contribution in [-0.4, -0.2) is 30.0 Å². The van der Waals surface area contributed by atoms with Crippen molar-refractivity contribution in [3.8, 4) is 11.3 Å². The number of rotatable bonds is 4. The molecule has 34 heavy (non-hydrogen) atoms. The van der Waals surface area contributed by atoms with Crippen LogP contribution in [0.5, 0.6) is 0 Å². The zero-order valence-corrected chi connectivity index (χ0v) is 20.2. The molecule has 1 N–H and O–H groups in total. The van der Waals surface area contributed by atoms with Gasteiger partial charge in [-0.05, 0) is 67.2 Å². The van der Waals surface area contributed by atoms with Crippen LogP contribution < -0.4 is 10.2 Å². The number of nitrogens with one attached hydrogen (secondary N) is 1. The summed E-state index contributed by atoms with van der Waals surface area (Å²) >= 11 is 17.5. The van der Waals surface area contributed by atoms with E-state index >= 15 is 0 Å². The second kappa shape index (κ2) is 9.42. The van der Waals surface area contributed by atoms with Crippen molar-refractivity contribution in [2.45, 2.75) is 6.92 Å². The molecular formula is C24H16Cl2N2O5S. The SMILES string of the molecule is COC(=O)c1ccc(C)c(-c2ccc(/C=C3\C(=O)NC(=S)N(c4cccc(Cl)c4Cl)C3=O)o2)c1. The van der Waals surface area contributed by atoms with Crippen molar-refractivity contribution >= 4 is 70.1 Å². The largest absolute Gasteiger partial charge is 0.465 e. The van der Waals surface area contributed by atoms with E-state index in [0.717, 1.165) is 10.5 Å². The van der Waals surface area contributed by atoms with Gasteiger partial charge in [0.05, 0.1) is 28.4 Å². The van der Waals surface area contributed by atoms with Crippen molar-refractivity contribution in [3.63, 3.8) is 0 Å². The number of anilines is 1. The summed E-state index contributed by atoms with van der Waals surface area (Å²) < 4.78 is 10.6. The number of furan rings is 1. The Kier molecular flexibility index (Phi) is 6.56. The Morgan fingerprint density at radius 2 is 1.91 bits per heavy atom. The van der Waals surface area contributed by atoms with Gasteiger partial charge in [0.15, 0.2) is 5.11 Å². The standard InChI is InChI=1S/C24H16Cl2N2O5S/c1-12-6-7-13(23(31)32-2)10-15(12)19-9-8-14(33-19)11-16-21(29)27-24(34)28(22(16)30)18-5-3-4-17(25)20(18)26/h3-11H,1-2H3,(H,27,29,34)/b16-11+. The lowest BCUT2D eigenvalue weighted by molar-refractivity contribution is -0.122. The van der Waals surface area contributed by atoms with Crippen molar-refractivity contribution in [1.82, 2.24) is 5.32 Å². The number of halogens is 2. The minimum atomic E-state index is -0.681. The van der Waals surface area contributed by atoms with Gasteiger partial charge in [0.25, 0.3) is 11.8 Å². The first-order chi connectivity index (χ1) is 16.2. The monoisotopic (exact) mass is 514 g/mol. The molecule has 1 aliphatic rings. The number of carbonyl (C=O) groups excluding carboxylic acids is 3. The maximum absolute atomic E-state index is 13.2. The molecule has 0 unspecified atom stereocenters. The fourth-order valence-electron chi connectivity index (χ4n) is 3.39. The first-order valence-electron chi connectivity index (χ1n) is 9.86. The molecule has 1 saturated heterocycles. The van der Waals surface area contributed by atoms with Crippen LogP contribution in [0.25, 0.3) is 17.4 Å². The maximum Gasteiger partial charge on any atom is 0.337 e. The molecule has 0 atom stereocenters. The van der Waals surface area contributed by atoms with E-state index in [1.54, 1.807) is 48.5 Å². The Labute approximate surface area is 209 Å². The Morgan fingerprint density at radius 1 is 1.15 bits per heavy atom. The first-order valence-corrected chi connectivity index (χ1v) is 11.0. The molecule has 0 aliphatic carbocycles. The Balaban J connectivity index is 1.71. The topological polar surface area (TPSA) is 88.9 Å². The first kappa shape index (κ1) is 23.7. The molecule has 10 heteroatoms. The molecule has 0 bridgehead atoms. The number of hydrogen-bond acceptors (Lipinski definition) is 6. The third-order valence-electron chi connectivity index (χ3n) is 5.11. The van der Waals surface area contributed by atoms with Gasteiger partial charge in [0, 0.05) is 5.56 Å². The Morgan fingerprint density at radius 3 is 2.65 bits per heavy atom. The molecule has 1 aliphatic heterocycles. The summed E-state index contributed by atoms with van der Waals surface area (Å²) in [6.07, 6.45) is 1.31. The number of hydrogen-bond donors (Lipinski definition) is 1. The smallest absolute Gasteiger partial charge is 0.337 e. The average Bonchev–Trinajstić information content (AvgIpc) is 3.27. The summed E-state index contributed by atoms with van der Waals surface area (Å²) in [5, 5.41) is 2.72. The molecule has 1 fully saturated rings. The summed E-state index contributed by atoms with van der Waals surface area (Å²) in [5.41, 5.74) is 1.93. The second-order valence-corrected chi connectivity index (χ2v) is 8.43. The van der Waals surface area contributed by atoms with Crippen LogP contribution in [0.15, 0.2) is 58.5 Å². The quantitative estimate of drug-likeness (QED) is 0.223. The number of esters is 1. The van der Waals surface area contributed by atoms with E-state index in [0.29, 0.717) is 16.9 Å². The fourth-order valence-corrected chi connectivity index (χ4v) is 4.05. The molecule has 2 aromatic carbocycles. The minimum Gasteiger partial charge on any atom is -0.465 e. The molecular weight excluding hydrogens is 499 g/mol. The number of carbonyl (C=O) groups is 3. The molecule has 3 aromatic rings. The summed E-state index contributed by atoms with van der Waals surface area (Å²) in [7, 11) is 1.30. The van der Waals surface area contributed by atoms with Crippen LogP contribution in [0.4, 0.5) is 5.69 Å². The number of methoxy groups -OCH3 is 1. The van der Waals surface area contributed by atoms with Crippen LogP contribution in [0, 0.1) is 6.92 Å². The highest BCUT2D eigenvalue weighted by Gasteiger charge is 2.36. The molecule has 0 saturated carbocycles. The Hall–Kier alpha value is -3.46. The summed E-state index contributed by atoms with van der Waals surface area (Å²) in [6.45, 7) is 1.86. The van der Waals surface area contributed by atoms with Crippen molar-refractivity contribution in [2.75, 3.05) is 12.0 Å². The zero-order chi connectivity index (χ0) is 24.6. The molecule has 1 aromatic heterocycles. The predicted molar refractivity (Wildman–Crippen MR) is 133 cm³/mol. The van der Waals surface area contributed by atoms with Crippen molar-refractivity contribution < 1.29 is 23.5 Å². The van der Waals surface area contributed by atoms with E-state index in [1.165, 1.54) is 13.2 Å². The van der Waals surface area contributed by atoms with E-state index in [-0.39, 0.29) is 32.2 Å². The van der Waals surface area contributed by atoms with Crippen LogP contribution in [0.1, 0.15) is 21.7 Å². The molecule has 7 nitrogen and oxygen atoms in total. The van der Waals surface area contributed by atoms with Crippen LogP contribution >= 0.6 is 35.4 Å². The highest BCUT2D eigenvalue weighted by Crippen LogP contribution is 2.35. The highest BCUT2D eigenvalue weighted by atomic mass is 35.5. The maximum atomic E-state index is 13.2. The molecule has 172 valence electrons. The lowest BCUT2D eigenvalue weighted by Crippen LogP contribution is -2.54. The molecule has 2 heterocycles. The van der Waals surface area contributed by atoms with E-state index < -0.39 is 17.8 Å². The predicted octanol–water partition coefficient (Wildman–Crippen LogP) is 5.18. The van der Waals surface area contributed by atoms with Gasteiger partial charge in [-0.1, -0.05) is 35.3 Å².